The zero-order chi connectivity index (χ0) is 15.2. The summed E-state index contributed by atoms with van der Waals surface area (Å²) in [6, 6.07) is 3.38. The summed E-state index contributed by atoms with van der Waals surface area (Å²) < 4.78 is 27.6. The smallest absolute Gasteiger partial charge is 0.250 e. The Labute approximate surface area is 126 Å². The first-order valence-electron chi connectivity index (χ1n) is 6.96. The van der Waals surface area contributed by atoms with E-state index >= 15 is 0 Å². The van der Waals surface area contributed by atoms with Gasteiger partial charge in [0.05, 0.1) is 0 Å². The summed E-state index contributed by atoms with van der Waals surface area (Å²) in [6.45, 7) is 9.12. The molecular weight excluding hydrogens is 294 g/mol. The highest BCUT2D eigenvalue weighted by molar-refractivity contribution is 7.91. The molecule has 1 unspecified atom stereocenters. The van der Waals surface area contributed by atoms with Crippen LogP contribution in [0.15, 0.2) is 16.3 Å². The highest BCUT2D eigenvalue weighted by Crippen LogP contribution is 2.21. The van der Waals surface area contributed by atoms with Crippen LogP contribution in [0, 0.1) is 0 Å². The normalized spacial score (nSPS) is 13.8. The first kappa shape index (κ1) is 17.6. The molecule has 0 bridgehead atoms. The van der Waals surface area contributed by atoms with Crippen LogP contribution >= 0.6 is 11.3 Å². The number of hydrogen-bond acceptors (Lipinski definition) is 5. The fraction of sp³-hybridized carbons (Fsp3) is 0.692. The Morgan fingerprint density at radius 1 is 1.35 bits per heavy atom. The van der Waals surface area contributed by atoms with Crippen molar-refractivity contribution in [2.45, 2.75) is 37.4 Å². The van der Waals surface area contributed by atoms with Gasteiger partial charge < -0.3 is 10.6 Å². The highest BCUT2D eigenvalue weighted by Gasteiger charge is 2.20. The average molecular weight is 319 g/mol. The minimum Gasteiger partial charge on any atom is -0.330 e. The van der Waals surface area contributed by atoms with Crippen molar-refractivity contribution in [3.63, 3.8) is 0 Å². The van der Waals surface area contributed by atoms with Gasteiger partial charge in [-0.1, -0.05) is 13.8 Å². The molecule has 0 aliphatic rings. The molecule has 116 valence electrons. The van der Waals surface area contributed by atoms with E-state index in [0.717, 1.165) is 24.4 Å². The van der Waals surface area contributed by atoms with E-state index in [4.69, 9.17) is 5.73 Å². The first-order chi connectivity index (χ1) is 9.42. The quantitative estimate of drug-likeness (QED) is 0.718. The molecule has 1 rings (SSSR count). The summed E-state index contributed by atoms with van der Waals surface area (Å²) in [5.41, 5.74) is 5.48. The van der Waals surface area contributed by atoms with Crippen LogP contribution in [-0.4, -0.2) is 45.5 Å². The summed E-state index contributed by atoms with van der Waals surface area (Å²) >= 11 is 1.29. The number of rotatable bonds is 9. The van der Waals surface area contributed by atoms with Crippen molar-refractivity contribution >= 4 is 21.4 Å². The van der Waals surface area contributed by atoms with Gasteiger partial charge in [-0.3, -0.25) is 0 Å². The van der Waals surface area contributed by atoms with Crippen LogP contribution < -0.4 is 10.5 Å². The highest BCUT2D eigenvalue weighted by atomic mass is 32.2. The molecule has 1 atom stereocenters. The largest absolute Gasteiger partial charge is 0.330 e. The van der Waals surface area contributed by atoms with Gasteiger partial charge in [-0.15, -0.1) is 11.3 Å². The minimum absolute atomic E-state index is 0.111. The van der Waals surface area contributed by atoms with Crippen molar-refractivity contribution < 1.29 is 8.42 Å². The Hall–Kier alpha value is -0.470. The number of sulfonamides is 1. The fourth-order valence-electron chi connectivity index (χ4n) is 2.01. The van der Waals surface area contributed by atoms with Crippen molar-refractivity contribution in [1.29, 1.82) is 0 Å². The van der Waals surface area contributed by atoms with E-state index in [1.54, 1.807) is 6.07 Å². The third-order valence-electron chi connectivity index (χ3n) is 3.08. The van der Waals surface area contributed by atoms with Gasteiger partial charge in [0.1, 0.15) is 4.21 Å². The molecule has 0 fully saturated rings. The molecule has 20 heavy (non-hydrogen) atoms. The lowest BCUT2D eigenvalue weighted by Gasteiger charge is -2.23. The Balaban J connectivity index is 2.68. The molecule has 1 aromatic heterocycles. The molecule has 0 aromatic carbocycles. The predicted octanol–water partition coefficient (Wildman–Crippen LogP) is 1.26. The topological polar surface area (TPSA) is 75.4 Å². The Morgan fingerprint density at radius 2 is 2.00 bits per heavy atom. The van der Waals surface area contributed by atoms with Crippen LogP contribution in [0.25, 0.3) is 0 Å². The summed E-state index contributed by atoms with van der Waals surface area (Å²) in [5, 5.41) is 0. The molecule has 7 heteroatoms. The molecule has 0 saturated heterocycles. The van der Waals surface area contributed by atoms with Gasteiger partial charge in [-0.25, -0.2) is 13.1 Å². The lowest BCUT2D eigenvalue weighted by molar-refractivity contribution is 0.282. The van der Waals surface area contributed by atoms with Crippen molar-refractivity contribution in [2.75, 3.05) is 26.2 Å². The van der Waals surface area contributed by atoms with E-state index in [1.807, 2.05) is 13.0 Å². The lowest BCUT2D eigenvalue weighted by Crippen LogP contribution is -2.41. The number of nitrogens with two attached hydrogens (primary N) is 1. The van der Waals surface area contributed by atoms with Crippen LogP contribution in [0.2, 0.25) is 0 Å². The van der Waals surface area contributed by atoms with Gasteiger partial charge in [0.15, 0.2) is 0 Å². The fourth-order valence-corrected chi connectivity index (χ4v) is 4.63. The second-order valence-corrected chi connectivity index (χ2v) is 7.88. The molecule has 0 amide bonds. The Morgan fingerprint density at radius 3 is 2.55 bits per heavy atom. The Kier molecular flexibility index (Phi) is 7.11. The molecule has 0 aliphatic heterocycles. The molecule has 1 aromatic rings. The van der Waals surface area contributed by atoms with E-state index in [-0.39, 0.29) is 6.04 Å². The van der Waals surface area contributed by atoms with Gasteiger partial charge in [0.2, 0.25) is 10.0 Å². The van der Waals surface area contributed by atoms with Gasteiger partial charge in [-0.05, 0) is 45.1 Å². The molecule has 0 aliphatic carbocycles. The first-order valence-corrected chi connectivity index (χ1v) is 9.26. The van der Waals surface area contributed by atoms with Crippen molar-refractivity contribution in [2.24, 2.45) is 5.73 Å². The monoisotopic (exact) mass is 319 g/mol. The molecule has 0 spiro atoms. The van der Waals surface area contributed by atoms with E-state index in [0.29, 0.717) is 17.3 Å². The van der Waals surface area contributed by atoms with Gasteiger partial charge in [-0.2, -0.15) is 0 Å². The van der Waals surface area contributed by atoms with E-state index in [2.05, 4.69) is 23.5 Å². The predicted molar refractivity (Wildman–Crippen MR) is 84.6 cm³/mol. The number of thiophene rings is 1. The van der Waals surface area contributed by atoms with E-state index < -0.39 is 10.0 Å². The van der Waals surface area contributed by atoms with Gasteiger partial charge in [0, 0.05) is 17.5 Å². The molecular formula is C13H25N3O2S2. The summed E-state index contributed by atoms with van der Waals surface area (Å²) in [6.07, 6.45) is 0.717. The molecule has 5 nitrogen and oxygen atoms in total. The third kappa shape index (κ3) is 5.14. The lowest BCUT2D eigenvalue weighted by atomic mass is 10.3. The zero-order valence-corrected chi connectivity index (χ0v) is 14.1. The molecule has 1 heterocycles. The minimum atomic E-state index is -3.42. The van der Waals surface area contributed by atoms with Crippen LogP contribution in [0.1, 0.15) is 25.6 Å². The Bertz CT molecular complexity index is 495. The van der Waals surface area contributed by atoms with E-state index in [1.165, 1.54) is 11.3 Å². The number of nitrogens with one attached hydrogen (secondary N) is 1. The summed E-state index contributed by atoms with van der Waals surface area (Å²) in [7, 11) is -3.42. The number of likely N-dealkylation sites (N-methyl/N-ethyl adjacent to an activating group) is 1. The van der Waals surface area contributed by atoms with Crippen LogP contribution in [0.4, 0.5) is 0 Å². The molecule has 0 saturated carbocycles. The summed E-state index contributed by atoms with van der Waals surface area (Å²) in [4.78, 5) is 3.20. The molecule has 3 N–H and O–H groups in total. The standard InChI is InChI=1S/C13H25N3O2S2/c1-4-16(5-2)10-11(3)15-20(17,18)13-7-6-12(19-13)8-9-14/h6-7,11,15H,4-5,8-10,14H2,1-3H3. The maximum absolute atomic E-state index is 12.3. The van der Waals surface area contributed by atoms with Gasteiger partial charge >= 0.3 is 0 Å². The summed E-state index contributed by atoms with van der Waals surface area (Å²) in [5.74, 6) is 0. The van der Waals surface area contributed by atoms with Crippen molar-refractivity contribution in [3.8, 4) is 0 Å². The van der Waals surface area contributed by atoms with E-state index in [9.17, 15) is 8.42 Å². The SMILES string of the molecule is CCN(CC)CC(C)NS(=O)(=O)c1ccc(CCN)s1. The van der Waals surface area contributed by atoms with Crippen molar-refractivity contribution in [3.05, 3.63) is 17.0 Å². The molecule has 0 radical (unpaired) electrons. The average Bonchev–Trinajstić information content (AvgIpc) is 2.85. The number of nitrogens with zero attached hydrogens (tertiary/aromatic N) is 1. The maximum Gasteiger partial charge on any atom is 0.250 e. The second kappa shape index (κ2) is 8.09. The van der Waals surface area contributed by atoms with Crippen LogP contribution in [0.5, 0.6) is 0 Å². The van der Waals surface area contributed by atoms with Gasteiger partial charge in [0.25, 0.3) is 0 Å². The second-order valence-electron chi connectivity index (χ2n) is 4.77. The third-order valence-corrected chi connectivity index (χ3v) is 6.30. The van der Waals surface area contributed by atoms with Crippen LogP contribution in [-0.2, 0) is 16.4 Å². The maximum atomic E-state index is 12.3. The zero-order valence-electron chi connectivity index (χ0n) is 12.4. The van der Waals surface area contributed by atoms with Crippen molar-refractivity contribution in [1.82, 2.24) is 9.62 Å². The number of hydrogen-bond donors (Lipinski definition) is 2. The van der Waals surface area contributed by atoms with Crippen LogP contribution in [0.3, 0.4) is 0 Å².